The standard InChI is InChI=1S/C43H55FO5/c1-4-6-8-10-11-12-13-14-15-16-18-32-47-40-30-26-37(41(44)33-40)27-31-42(45)49-39-28-24-36(25-29-39)35-20-22-38(23-21-35)43(46)48-34(3)19-17-9-7-5-2/h20-26,28-30,33-34H,4-19,32H2,1-3H3/t34-/m1/s1. The van der Waals surface area contributed by atoms with Gasteiger partial charge in [-0.15, -0.1) is 0 Å². The first-order valence-electron chi connectivity index (χ1n) is 18.5. The number of halogens is 1. The van der Waals surface area contributed by atoms with Crippen LogP contribution in [-0.4, -0.2) is 24.6 Å². The number of ether oxygens (including phenoxy) is 3. The number of rotatable bonds is 22. The maximum Gasteiger partial charge on any atom is 0.390 e. The van der Waals surface area contributed by atoms with Crippen LogP contribution < -0.4 is 9.47 Å². The number of benzene rings is 3. The molecule has 0 N–H and O–H groups in total. The minimum absolute atomic E-state index is 0.100. The molecule has 6 heteroatoms. The maximum atomic E-state index is 14.6. The minimum atomic E-state index is -0.786. The van der Waals surface area contributed by atoms with E-state index in [0.29, 0.717) is 23.7 Å². The van der Waals surface area contributed by atoms with Gasteiger partial charge in [0.15, 0.2) is 0 Å². The molecular weight excluding hydrogens is 615 g/mol. The van der Waals surface area contributed by atoms with Crippen LogP contribution in [0.15, 0.2) is 66.7 Å². The highest BCUT2D eigenvalue weighted by Crippen LogP contribution is 2.24. The van der Waals surface area contributed by atoms with Gasteiger partial charge in [0.25, 0.3) is 0 Å². The lowest BCUT2D eigenvalue weighted by atomic mass is 10.0. The average Bonchev–Trinajstić information content (AvgIpc) is 3.10. The summed E-state index contributed by atoms with van der Waals surface area (Å²) in [5, 5.41) is 0. The third kappa shape index (κ3) is 15.8. The summed E-state index contributed by atoms with van der Waals surface area (Å²) in [6.07, 6.45) is 19.2. The molecule has 0 radical (unpaired) electrons. The number of hydrogen-bond donors (Lipinski definition) is 0. The second kappa shape index (κ2) is 23.3. The zero-order valence-electron chi connectivity index (χ0n) is 29.9. The van der Waals surface area contributed by atoms with Crippen LogP contribution >= 0.6 is 0 Å². The fourth-order valence-corrected chi connectivity index (χ4v) is 5.58. The fourth-order valence-electron chi connectivity index (χ4n) is 5.58. The highest BCUT2D eigenvalue weighted by molar-refractivity contribution is 5.91. The maximum absolute atomic E-state index is 14.6. The number of unbranched alkanes of at least 4 members (excludes halogenated alkanes) is 13. The molecule has 0 heterocycles. The van der Waals surface area contributed by atoms with Crippen molar-refractivity contribution in [3.05, 3.63) is 83.7 Å². The molecule has 0 bridgehead atoms. The quantitative estimate of drug-likeness (QED) is 0.0461. The number of esters is 2. The van der Waals surface area contributed by atoms with E-state index in [4.69, 9.17) is 14.2 Å². The molecule has 0 amide bonds. The van der Waals surface area contributed by atoms with Crippen LogP contribution in [-0.2, 0) is 9.53 Å². The summed E-state index contributed by atoms with van der Waals surface area (Å²) in [6, 6.07) is 18.7. The summed E-state index contributed by atoms with van der Waals surface area (Å²) in [7, 11) is 0. The number of carbonyl (C=O) groups is 2. The molecule has 3 aromatic rings. The molecule has 3 aromatic carbocycles. The molecule has 1 atom stereocenters. The van der Waals surface area contributed by atoms with Crippen molar-refractivity contribution in [2.45, 2.75) is 130 Å². The van der Waals surface area contributed by atoms with Crippen LogP contribution in [0, 0.1) is 17.7 Å². The molecule has 0 aliphatic carbocycles. The normalized spacial score (nSPS) is 11.3. The Hall–Kier alpha value is -4.11. The SMILES string of the molecule is CCCCCCCCCCCCCOc1ccc(C#CC(=O)Oc2ccc(-c3ccc(C(=O)O[C@H](C)CCCCCC)cc3)cc2)c(F)c1. The van der Waals surface area contributed by atoms with Crippen LogP contribution in [0.3, 0.4) is 0 Å². The Morgan fingerprint density at radius 3 is 1.80 bits per heavy atom. The Morgan fingerprint density at radius 1 is 0.673 bits per heavy atom. The first kappa shape index (κ1) is 39.3. The first-order chi connectivity index (χ1) is 23.9. The van der Waals surface area contributed by atoms with Gasteiger partial charge in [-0.2, -0.15) is 0 Å². The van der Waals surface area contributed by atoms with Gasteiger partial charge in [0, 0.05) is 12.0 Å². The molecule has 0 aliphatic heterocycles. The average molecular weight is 671 g/mol. The molecule has 0 aliphatic rings. The Morgan fingerprint density at radius 2 is 1.20 bits per heavy atom. The predicted molar refractivity (Wildman–Crippen MR) is 196 cm³/mol. The van der Waals surface area contributed by atoms with Gasteiger partial charge in [-0.05, 0) is 73.7 Å². The van der Waals surface area contributed by atoms with E-state index in [0.717, 1.165) is 43.2 Å². The molecule has 5 nitrogen and oxygen atoms in total. The van der Waals surface area contributed by atoms with E-state index in [-0.39, 0.29) is 17.6 Å². The van der Waals surface area contributed by atoms with Crippen LogP contribution in [0.2, 0.25) is 0 Å². The summed E-state index contributed by atoms with van der Waals surface area (Å²) in [4.78, 5) is 24.9. The van der Waals surface area contributed by atoms with Crippen molar-refractivity contribution in [3.63, 3.8) is 0 Å². The first-order valence-corrected chi connectivity index (χ1v) is 18.5. The molecule has 0 saturated heterocycles. The van der Waals surface area contributed by atoms with Crippen molar-refractivity contribution in [3.8, 4) is 34.5 Å². The molecule has 0 fully saturated rings. The zero-order chi connectivity index (χ0) is 35.1. The third-order valence-corrected chi connectivity index (χ3v) is 8.55. The summed E-state index contributed by atoms with van der Waals surface area (Å²) in [6.45, 7) is 6.90. The zero-order valence-corrected chi connectivity index (χ0v) is 29.9. The number of carbonyl (C=O) groups excluding carboxylic acids is 2. The molecule has 0 aromatic heterocycles. The minimum Gasteiger partial charge on any atom is -0.493 e. The van der Waals surface area contributed by atoms with Gasteiger partial charge in [-0.25, -0.2) is 14.0 Å². The highest BCUT2D eigenvalue weighted by atomic mass is 19.1. The van der Waals surface area contributed by atoms with Gasteiger partial charge < -0.3 is 14.2 Å². The third-order valence-electron chi connectivity index (χ3n) is 8.55. The Balaban J connectivity index is 1.37. The van der Waals surface area contributed by atoms with E-state index in [1.54, 1.807) is 30.3 Å². The Kier molecular flexibility index (Phi) is 18.7. The van der Waals surface area contributed by atoms with Crippen molar-refractivity contribution in [1.29, 1.82) is 0 Å². The van der Waals surface area contributed by atoms with Gasteiger partial charge in [-0.1, -0.05) is 128 Å². The van der Waals surface area contributed by atoms with Gasteiger partial charge in [0.1, 0.15) is 17.3 Å². The topological polar surface area (TPSA) is 61.8 Å². The molecule has 0 unspecified atom stereocenters. The van der Waals surface area contributed by atoms with Gasteiger partial charge in [0.2, 0.25) is 0 Å². The van der Waals surface area contributed by atoms with E-state index < -0.39 is 11.8 Å². The van der Waals surface area contributed by atoms with Crippen molar-refractivity contribution in [2.24, 2.45) is 0 Å². The summed E-state index contributed by atoms with van der Waals surface area (Å²) in [5.74, 6) is 4.04. The number of hydrogen-bond acceptors (Lipinski definition) is 5. The highest BCUT2D eigenvalue weighted by Gasteiger charge is 2.12. The van der Waals surface area contributed by atoms with Crippen molar-refractivity contribution in [2.75, 3.05) is 6.61 Å². The van der Waals surface area contributed by atoms with Gasteiger partial charge in [-0.3, -0.25) is 0 Å². The fraction of sp³-hybridized carbons (Fsp3) is 0.488. The lowest BCUT2D eigenvalue weighted by Gasteiger charge is -2.13. The molecule has 264 valence electrons. The molecule has 0 saturated carbocycles. The van der Waals surface area contributed by atoms with E-state index >= 15 is 0 Å². The molecule has 0 spiro atoms. The van der Waals surface area contributed by atoms with Crippen molar-refractivity contribution < 1.29 is 28.2 Å². The molecular formula is C43H55FO5. The van der Waals surface area contributed by atoms with E-state index in [1.807, 2.05) is 31.2 Å². The van der Waals surface area contributed by atoms with Gasteiger partial charge in [0.05, 0.1) is 23.8 Å². The predicted octanol–water partition coefficient (Wildman–Crippen LogP) is 11.7. The molecule has 49 heavy (non-hydrogen) atoms. The second-order valence-corrected chi connectivity index (χ2v) is 12.8. The monoisotopic (exact) mass is 670 g/mol. The smallest absolute Gasteiger partial charge is 0.390 e. The molecule has 3 rings (SSSR count). The Bertz CT molecular complexity index is 1450. The second-order valence-electron chi connectivity index (χ2n) is 12.8. The summed E-state index contributed by atoms with van der Waals surface area (Å²) < 4.78 is 31.2. The van der Waals surface area contributed by atoms with E-state index in [1.165, 1.54) is 82.8 Å². The lowest BCUT2D eigenvalue weighted by Crippen LogP contribution is -2.15. The van der Waals surface area contributed by atoms with Crippen molar-refractivity contribution >= 4 is 11.9 Å². The van der Waals surface area contributed by atoms with Crippen LogP contribution in [0.5, 0.6) is 11.5 Å². The van der Waals surface area contributed by atoms with E-state index in [9.17, 15) is 14.0 Å². The van der Waals surface area contributed by atoms with E-state index in [2.05, 4.69) is 25.7 Å². The van der Waals surface area contributed by atoms with Crippen molar-refractivity contribution in [1.82, 2.24) is 0 Å². The Labute approximate surface area is 293 Å². The van der Waals surface area contributed by atoms with Crippen LogP contribution in [0.1, 0.15) is 139 Å². The summed E-state index contributed by atoms with van der Waals surface area (Å²) >= 11 is 0. The largest absolute Gasteiger partial charge is 0.493 e. The van der Waals surface area contributed by atoms with Crippen LogP contribution in [0.25, 0.3) is 11.1 Å². The van der Waals surface area contributed by atoms with Gasteiger partial charge >= 0.3 is 11.9 Å². The van der Waals surface area contributed by atoms with Crippen LogP contribution in [0.4, 0.5) is 4.39 Å². The lowest BCUT2D eigenvalue weighted by molar-refractivity contribution is -0.128. The summed E-state index contributed by atoms with van der Waals surface area (Å²) in [5.41, 5.74) is 2.40.